The highest BCUT2D eigenvalue weighted by Gasteiger charge is 2.47. The molecule has 2 aromatic heterocycles. The van der Waals surface area contributed by atoms with Gasteiger partial charge in [-0.3, -0.25) is 5.32 Å². The molecule has 5 rings (SSSR count). The molecule has 4 aromatic rings. The number of ether oxygens (including phenoxy) is 2. The summed E-state index contributed by atoms with van der Waals surface area (Å²) in [6.07, 6.45) is 0.575. The van der Waals surface area contributed by atoms with Crippen LogP contribution in [0.15, 0.2) is 85.4 Å². The van der Waals surface area contributed by atoms with Gasteiger partial charge in [-0.1, -0.05) is 88.0 Å². The van der Waals surface area contributed by atoms with Crippen LogP contribution in [0.1, 0.15) is 64.4 Å². The fourth-order valence-corrected chi connectivity index (χ4v) is 6.82. The lowest BCUT2D eigenvalue weighted by Gasteiger charge is -2.39. The summed E-state index contributed by atoms with van der Waals surface area (Å²) < 4.78 is 20.1. The minimum atomic E-state index is -2.31. The van der Waals surface area contributed by atoms with Crippen molar-refractivity contribution in [2.75, 3.05) is 5.32 Å². The molecule has 1 fully saturated rings. The molecule has 3 atom stereocenters. The summed E-state index contributed by atoms with van der Waals surface area (Å²) in [5, 5.41) is 2.52. The van der Waals surface area contributed by atoms with Crippen LogP contribution in [0.4, 0.5) is 10.7 Å². The number of carbonyl (C=O) groups is 2. The number of hydrogen-bond acceptors (Lipinski definition) is 8. The third-order valence-corrected chi connectivity index (χ3v) is 13.7. The highest BCUT2D eigenvalue weighted by atomic mass is 35.5. The van der Waals surface area contributed by atoms with Crippen LogP contribution in [0.25, 0.3) is 22.3 Å². The molecule has 1 saturated carbocycles. The number of nitrogens with zero attached hydrogens (tertiary/aromatic N) is 4. The van der Waals surface area contributed by atoms with Crippen LogP contribution in [0.3, 0.4) is 0 Å². The minimum absolute atomic E-state index is 0.0405. The number of anilines is 1. The van der Waals surface area contributed by atoms with Gasteiger partial charge in [-0.25, -0.2) is 14.6 Å². The summed E-state index contributed by atoms with van der Waals surface area (Å²) >= 11 is 6.50. The predicted octanol–water partition coefficient (Wildman–Crippen LogP) is 9.37. The zero-order valence-corrected chi connectivity index (χ0v) is 31.1. The third-order valence-electron chi connectivity index (χ3n) is 9.01. The van der Waals surface area contributed by atoms with Crippen molar-refractivity contribution in [3.05, 3.63) is 96.1 Å². The lowest BCUT2D eigenvalue weighted by Crippen LogP contribution is -2.42. The predicted molar refractivity (Wildman–Crippen MR) is 195 cm³/mol. The number of amides is 1. The van der Waals surface area contributed by atoms with Gasteiger partial charge in [-0.05, 0) is 67.7 Å². The van der Waals surface area contributed by atoms with Crippen LogP contribution in [0, 0.1) is 5.92 Å². The van der Waals surface area contributed by atoms with Gasteiger partial charge in [0.05, 0.1) is 29.6 Å². The molecule has 12 heteroatoms. The Morgan fingerprint density at radius 3 is 2.22 bits per heavy atom. The quantitative estimate of drug-likeness (QED) is 0.0635. The maximum atomic E-state index is 13.6. The number of nitrogens with one attached hydrogen (secondary N) is 1. The second kappa shape index (κ2) is 13.4. The average molecular weight is 702 g/mol. The van der Waals surface area contributed by atoms with Crippen molar-refractivity contribution < 1.29 is 23.5 Å². The van der Waals surface area contributed by atoms with E-state index >= 15 is 0 Å². The Kier molecular flexibility index (Phi) is 9.82. The number of aromatic nitrogens is 4. The lowest BCUT2D eigenvalue weighted by atomic mass is 9.99. The van der Waals surface area contributed by atoms with Gasteiger partial charge in [0.25, 0.3) is 0 Å². The molecule has 49 heavy (non-hydrogen) atoms. The molecule has 2 heterocycles. The minimum Gasteiger partial charge on any atom is -0.546 e. The molecule has 0 spiro atoms. The average Bonchev–Trinajstić information content (AvgIpc) is 3.56. The van der Waals surface area contributed by atoms with Crippen molar-refractivity contribution in [1.82, 2.24) is 19.5 Å². The standard InChI is InChI=1S/C37H44ClN5O5Si/c1-22-27(43-21-39-30-31(38)40-34(41-32(30)43)42-35(45)47-36(3,4)5)20-28(29(22)23(2)48-49(9,10)37(6,7)8)46-33(44)26-18-16-25(17-19-26)24-14-12-11-13-15-24/h11-19,21,27-29H,1-2,20H2,3-10H3,(H,40,41,42,45). The molecule has 2 aromatic carbocycles. The molecule has 0 saturated heterocycles. The fourth-order valence-electron chi connectivity index (χ4n) is 5.52. The van der Waals surface area contributed by atoms with Gasteiger partial charge in [0.15, 0.2) is 10.8 Å². The van der Waals surface area contributed by atoms with Gasteiger partial charge >= 0.3 is 12.1 Å². The molecule has 1 aliphatic carbocycles. The zero-order chi connectivity index (χ0) is 35.9. The molecule has 258 valence electrons. The number of fused-ring (bicyclic) bond motifs is 1. The highest BCUT2D eigenvalue weighted by molar-refractivity contribution is 6.74. The number of esters is 1. The number of halogens is 1. The Hall–Kier alpha value is -4.48. The van der Waals surface area contributed by atoms with Crippen LogP contribution in [-0.2, 0) is 13.9 Å². The molecule has 3 unspecified atom stereocenters. The Bertz CT molecular complexity index is 1890. The molecule has 0 bridgehead atoms. The van der Waals surface area contributed by atoms with E-state index in [1.807, 2.05) is 42.5 Å². The van der Waals surface area contributed by atoms with E-state index < -0.39 is 44.0 Å². The summed E-state index contributed by atoms with van der Waals surface area (Å²) in [6, 6.07) is 16.9. The number of carbonyl (C=O) groups excluding carboxylic acids is 2. The van der Waals surface area contributed by atoms with Crippen molar-refractivity contribution in [1.29, 1.82) is 0 Å². The maximum absolute atomic E-state index is 13.6. The SMILES string of the molecule is C=C(O[Si](C)(C)C(C)(C)C)C1C(=C)C(n2cnc3c(Cl)nc(NC(=O)OC(C)(C)C)nc32)CC1OC(=O)c1ccc(-c2ccccc2)cc1. The van der Waals surface area contributed by atoms with E-state index in [2.05, 4.69) is 67.3 Å². The number of benzene rings is 2. The fraction of sp³-hybridized carbons (Fsp3) is 0.378. The Labute approximate surface area is 293 Å². The maximum Gasteiger partial charge on any atom is 0.414 e. The second-order valence-corrected chi connectivity index (χ2v) is 19.9. The smallest absolute Gasteiger partial charge is 0.414 e. The molecular weight excluding hydrogens is 658 g/mol. The third kappa shape index (κ3) is 7.89. The summed E-state index contributed by atoms with van der Waals surface area (Å²) in [6.45, 7) is 24.8. The van der Waals surface area contributed by atoms with Gasteiger partial charge in [-0.2, -0.15) is 9.97 Å². The van der Waals surface area contributed by atoms with Crippen molar-refractivity contribution in [3.8, 4) is 11.1 Å². The van der Waals surface area contributed by atoms with Gasteiger partial charge in [0.1, 0.15) is 17.2 Å². The molecule has 0 radical (unpaired) electrons. The molecule has 1 N–H and O–H groups in total. The molecular formula is C37H44ClN5O5Si. The monoisotopic (exact) mass is 701 g/mol. The first kappa shape index (κ1) is 35.8. The Morgan fingerprint density at radius 2 is 1.61 bits per heavy atom. The van der Waals surface area contributed by atoms with Crippen LogP contribution in [-0.4, -0.2) is 51.6 Å². The topological polar surface area (TPSA) is 117 Å². The van der Waals surface area contributed by atoms with E-state index in [-0.39, 0.29) is 16.1 Å². The van der Waals surface area contributed by atoms with Crippen LogP contribution in [0.2, 0.25) is 23.3 Å². The number of rotatable bonds is 8. The molecule has 0 aliphatic heterocycles. The van der Waals surface area contributed by atoms with Crippen molar-refractivity contribution in [2.24, 2.45) is 5.92 Å². The highest BCUT2D eigenvalue weighted by Crippen LogP contribution is 2.48. The van der Waals surface area contributed by atoms with Gasteiger partial charge < -0.3 is 18.5 Å². The van der Waals surface area contributed by atoms with Crippen LogP contribution >= 0.6 is 11.6 Å². The summed E-state index contributed by atoms with van der Waals surface area (Å²) in [5.74, 6) is -0.518. The summed E-state index contributed by atoms with van der Waals surface area (Å²) in [5.41, 5.74) is 3.18. The second-order valence-electron chi connectivity index (χ2n) is 14.8. The summed E-state index contributed by atoms with van der Waals surface area (Å²) in [4.78, 5) is 39.4. The van der Waals surface area contributed by atoms with Gasteiger partial charge in [0, 0.05) is 6.42 Å². The van der Waals surface area contributed by atoms with E-state index in [1.165, 1.54) is 0 Å². The van der Waals surface area contributed by atoms with Crippen molar-refractivity contribution in [2.45, 2.75) is 83.8 Å². The normalized spacial score (nSPS) is 18.3. The van der Waals surface area contributed by atoms with Crippen LogP contribution < -0.4 is 5.32 Å². The number of imidazole rings is 1. The van der Waals surface area contributed by atoms with E-state index in [1.54, 1.807) is 43.8 Å². The molecule has 1 amide bonds. The summed E-state index contributed by atoms with van der Waals surface area (Å²) in [7, 11) is -2.31. The molecule has 1 aliphatic rings. The van der Waals surface area contributed by atoms with Gasteiger partial charge in [0.2, 0.25) is 14.3 Å². The van der Waals surface area contributed by atoms with Gasteiger partial charge in [-0.15, -0.1) is 0 Å². The first-order valence-corrected chi connectivity index (χ1v) is 19.5. The number of hydrogen-bond donors (Lipinski definition) is 1. The largest absolute Gasteiger partial charge is 0.546 e. The van der Waals surface area contributed by atoms with Crippen LogP contribution in [0.5, 0.6) is 0 Å². The Balaban J connectivity index is 1.46. The first-order chi connectivity index (χ1) is 22.8. The van der Waals surface area contributed by atoms with E-state index in [4.69, 9.17) is 25.5 Å². The molecule has 10 nitrogen and oxygen atoms in total. The van der Waals surface area contributed by atoms with E-state index in [9.17, 15) is 9.59 Å². The Morgan fingerprint density at radius 1 is 0.980 bits per heavy atom. The van der Waals surface area contributed by atoms with E-state index in [0.717, 1.165) is 16.7 Å². The van der Waals surface area contributed by atoms with Crippen molar-refractivity contribution in [3.63, 3.8) is 0 Å². The zero-order valence-electron chi connectivity index (χ0n) is 29.3. The lowest BCUT2D eigenvalue weighted by molar-refractivity contribution is 0.0221. The van der Waals surface area contributed by atoms with Crippen molar-refractivity contribution >= 4 is 49.1 Å². The van der Waals surface area contributed by atoms with E-state index in [0.29, 0.717) is 28.9 Å². The first-order valence-electron chi connectivity index (χ1n) is 16.2.